The summed E-state index contributed by atoms with van der Waals surface area (Å²) in [5.41, 5.74) is 40.2. The fourth-order valence-corrected chi connectivity index (χ4v) is 9.99. The van der Waals surface area contributed by atoms with Gasteiger partial charge in [0.1, 0.15) is 0 Å². The summed E-state index contributed by atoms with van der Waals surface area (Å²) in [5, 5.41) is 3.62. The first kappa shape index (κ1) is 40.0. The Morgan fingerprint density at radius 3 is 0.773 bits per heavy atom. The van der Waals surface area contributed by atoms with E-state index in [1.165, 1.54) is 0 Å². The molecule has 0 radical (unpaired) electrons. The highest BCUT2D eigenvalue weighted by atomic mass is 15.1. The average Bonchev–Trinajstić information content (AvgIpc) is 3.39. The monoisotopic (exact) mass is 846 g/mol. The highest BCUT2D eigenvalue weighted by Crippen LogP contribution is 2.61. The quantitative estimate of drug-likeness (QED) is 0.0768. The van der Waals surface area contributed by atoms with E-state index in [-0.39, 0.29) is 0 Å². The van der Waals surface area contributed by atoms with Gasteiger partial charge in [-0.3, -0.25) is 0 Å². The lowest BCUT2D eigenvalue weighted by molar-refractivity contribution is 1.31. The number of nitrogen functional groups attached to an aromatic ring is 3. The fraction of sp³-hybridized carbons (Fsp3) is 0. The molecule has 0 heterocycles. The first-order valence-corrected chi connectivity index (χ1v) is 22.3. The van der Waals surface area contributed by atoms with Crippen molar-refractivity contribution in [1.29, 1.82) is 0 Å². The van der Waals surface area contributed by atoms with E-state index >= 15 is 0 Å². The van der Waals surface area contributed by atoms with Gasteiger partial charge in [-0.05, 0) is 57.6 Å². The Bertz CT molecular complexity index is 3450. The van der Waals surface area contributed by atoms with Gasteiger partial charge in [-0.15, -0.1) is 0 Å². The van der Waals surface area contributed by atoms with Crippen molar-refractivity contribution in [3.63, 3.8) is 0 Å². The molecule has 0 amide bonds. The van der Waals surface area contributed by atoms with Crippen molar-refractivity contribution >= 4 is 55.7 Å². The normalized spacial score (nSPS) is 11.2. The van der Waals surface area contributed by atoms with E-state index in [9.17, 15) is 0 Å². The van der Waals surface area contributed by atoms with Gasteiger partial charge in [-0.25, -0.2) is 0 Å². The van der Waals surface area contributed by atoms with Gasteiger partial charge < -0.3 is 22.1 Å². The molecule has 0 aliphatic heterocycles. The maximum absolute atomic E-state index is 8.21. The number of rotatable bonds is 9. The van der Waals surface area contributed by atoms with Crippen LogP contribution >= 0.6 is 0 Å². The van der Waals surface area contributed by atoms with Gasteiger partial charge in [-0.2, -0.15) is 0 Å². The average molecular weight is 847 g/mol. The molecule has 0 saturated carbocycles. The Labute approximate surface area is 385 Å². The molecule has 0 atom stereocenters. The summed E-state index contributed by atoms with van der Waals surface area (Å²) in [7, 11) is 0. The van der Waals surface area contributed by atoms with E-state index in [2.05, 4.69) is 235 Å². The van der Waals surface area contributed by atoms with E-state index in [0.717, 1.165) is 105 Å². The van der Waals surface area contributed by atoms with Crippen LogP contribution in [-0.2, 0) is 0 Å². The highest BCUT2D eigenvalue weighted by Gasteiger charge is 2.34. The van der Waals surface area contributed by atoms with Crippen LogP contribution < -0.4 is 22.1 Å². The number of fused-ring (bicyclic) bond motifs is 2. The summed E-state index contributed by atoms with van der Waals surface area (Å²) in [6.07, 6.45) is 0. The van der Waals surface area contributed by atoms with E-state index in [4.69, 9.17) is 17.2 Å². The molecular weight excluding hydrogens is 801 g/mol. The molecule has 0 aliphatic rings. The van der Waals surface area contributed by atoms with Crippen molar-refractivity contribution in [2.75, 3.05) is 22.1 Å². The van der Waals surface area contributed by atoms with Gasteiger partial charge in [0.2, 0.25) is 0 Å². The Morgan fingerprint density at radius 1 is 0.212 bits per heavy atom. The van der Waals surface area contributed by atoms with E-state index < -0.39 is 0 Å². The summed E-state index contributed by atoms with van der Waals surface area (Å²) in [5.74, 6) is 0. The van der Waals surface area contributed by atoms with Crippen molar-refractivity contribution in [3.05, 3.63) is 243 Å². The van der Waals surface area contributed by atoms with Crippen molar-refractivity contribution in [3.8, 4) is 66.8 Å². The summed E-state index contributed by atoms with van der Waals surface area (Å²) in [6, 6.07) is 84.4. The SMILES string of the molecule is Nc1c(-c2ccccc2)c(-c2ccccc2)c2c(N(c3ccccc3)c3ccccc3)c3c(-c4ccccc4)c(N)c(-c4ccccc4)c(-c4ccccc4)c3c(N)c2c1-c1ccccc1. The zero-order valence-electron chi connectivity index (χ0n) is 36.3. The maximum Gasteiger partial charge on any atom is 0.0633 e. The minimum absolute atomic E-state index is 0.611. The van der Waals surface area contributed by atoms with Gasteiger partial charge >= 0.3 is 0 Å². The van der Waals surface area contributed by atoms with Crippen LogP contribution in [0.15, 0.2) is 243 Å². The van der Waals surface area contributed by atoms with Crippen LogP contribution in [-0.4, -0.2) is 0 Å². The van der Waals surface area contributed by atoms with Crippen LogP contribution in [0, 0.1) is 0 Å². The molecule has 11 aromatic rings. The number of nitrogens with two attached hydrogens (primary N) is 3. The minimum atomic E-state index is 0.611. The molecular formula is C62H46N4. The topological polar surface area (TPSA) is 81.3 Å². The lowest BCUT2D eigenvalue weighted by Gasteiger charge is -2.34. The predicted molar refractivity (Wildman–Crippen MR) is 282 cm³/mol. The van der Waals surface area contributed by atoms with Gasteiger partial charge in [0.25, 0.3) is 0 Å². The lowest BCUT2D eigenvalue weighted by atomic mass is 9.77. The molecule has 0 fully saturated rings. The van der Waals surface area contributed by atoms with E-state index in [0.29, 0.717) is 17.1 Å². The van der Waals surface area contributed by atoms with Gasteiger partial charge in [0, 0.05) is 83.4 Å². The van der Waals surface area contributed by atoms with Gasteiger partial charge in [-0.1, -0.05) is 218 Å². The van der Waals surface area contributed by atoms with Crippen LogP contribution in [0.25, 0.3) is 88.3 Å². The lowest BCUT2D eigenvalue weighted by Crippen LogP contribution is -2.14. The Kier molecular flexibility index (Phi) is 10.3. The molecule has 0 aliphatic carbocycles. The molecule has 4 heteroatoms. The van der Waals surface area contributed by atoms with Crippen molar-refractivity contribution < 1.29 is 0 Å². The third-order valence-corrected chi connectivity index (χ3v) is 12.7. The zero-order chi connectivity index (χ0) is 44.6. The maximum atomic E-state index is 8.21. The largest absolute Gasteiger partial charge is 0.398 e. The molecule has 11 rings (SSSR count). The Balaban J connectivity index is 1.55. The number of anilines is 6. The Hall–Kier alpha value is -8.86. The van der Waals surface area contributed by atoms with Crippen molar-refractivity contribution in [2.45, 2.75) is 0 Å². The van der Waals surface area contributed by atoms with E-state index in [1.807, 2.05) is 12.1 Å². The molecule has 0 bridgehead atoms. The second kappa shape index (κ2) is 17.0. The highest BCUT2D eigenvalue weighted by molar-refractivity contribution is 6.37. The van der Waals surface area contributed by atoms with Crippen LogP contribution in [0.4, 0.5) is 34.1 Å². The summed E-state index contributed by atoms with van der Waals surface area (Å²) >= 11 is 0. The predicted octanol–water partition coefficient (Wildman–Crippen LogP) is 16.2. The number of hydrogen-bond acceptors (Lipinski definition) is 4. The summed E-state index contributed by atoms with van der Waals surface area (Å²) in [6.45, 7) is 0. The second-order valence-electron chi connectivity index (χ2n) is 16.5. The standard InChI is InChI=1S/C62H46N4/c63-59-52(44-31-15-4-16-32-44)50(42-27-11-2-12-28-42)57-56(53(59)45-33-17-5-18-34-45)61(65)55-49(41-25-9-1-10-26-41)51(43-29-13-3-14-30-43)60(64)54(46-35-19-6-20-36-46)58(55)62(57)66(47-37-21-7-22-38-47)48-39-23-8-24-40-48/h1-40H,63-65H2. The number of benzene rings is 11. The number of para-hydroxylation sites is 2. The molecule has 0 spiro atoms. The molecule has 0 unspecified atom stereocenters. The number of nitrogens with zero attached hydrogens (tertiary/aromatic N) is 1. The van der Waals surface area contributed by atoms with Crippen LogP contribution in [0.5, 0.6) is 0 Å². The summed E-state index contributed by atoms with van der Waals surface area (Å²) < 4.78 is 0. The van der Waals surface area contributed by atoms with Crippen LogP contribution in [0.2, 0.25) is 0 Å². The van der Waals surface area contributed by atoms with Crippen LogP contribution in [0.3, 0.4) is 0 Å². The molecule has 11 aromatic carbocycles. The van der Waals surface area contributed by atoms with Crippen molar-refractivity contribution in [2.24, 2.45) is 0 Å². The van der Waals surface area contributed by atoms with Gasteiger partial charge in [0.05, 0.1) is 5.69 Å². The molecule has 314 valence electrons. The Morgan fingerprint density at radius 2 is 0.439 bits per heavy atom. The first-order valence-electron chi connectivity index (χ1n) is 22.3. The second-order valence-corrected chi connectivity index (χ2v) is 16.5. The third-order valence-electron chi connectivity index (χ3n) is 12.7. The van der Waals surface area contributed by atoms with Crippen LogP contribution in [0.1, 0.15) is 0 Å². The minimum Gasteiger partial charge on any atom is -0.398 e. The van der Waals surface area contributed by atoms with E-state index in [1.54, 1.807) is 0 Å². The fourth-order valence-electron chi connectivity index (χ4n) is 9.99. The molecule has 66 heavy (non-hydrogen) atoms. The molecule has 6 N–H and O–H groups in total. The smallest absolute Gasteiger partial charge is 0.0633 e. The zero-order valence-corrected chi connectivity index (χ0v) is 36.3. The van der Waals surface area contributed by atoms with Gasteiger partial charge in [0.15, 0.2) is 0 Å². The number of hydrogen-bond donors (Lipinski definition) is 3. The third kappa shape index (κ3) is 6.72. The first-order chi connectivity index (χ1) is 32.6. The molecule has 0 aromatic heterocycles. The van der Waals surface area contributed by atoms with Crippen molar-refractivity contribution in [1.82, 2.24) is 0 Å². The molecule has 4 nitrogen and oxygen atoms in total. The summed E-state index contributed by atoms with van der Waals surface area (Å²) in [4.78, 5) is 2.40. The molecule has 0 saturated heterocycles.